The number of phenols is 1. The number of aromatic nitrogens is 3. The standard InChI is InChI=1S/C36H36F2N6O4/c1-6-15-43(16-7-2)33-26-20-39-31(25-19-23(45)18-22-10-11-27(37)24(8-3)29(22)25)30(38)32(26)40-34(41-33)47-21-36-13-9-17-44(36)28(12-14-36)48-35(46)42(4)5/h3,6-7,10-11,18-20,28,45H,1-2,9,12-17,21H2,4-5H3. The molecule has 0 radical (unpaired) electrons. The first kappa shape index (κ1) is 32.7. The van der Waals surface area contributed by atoms with E-state index in [-0.39, 0.29) is 52.3 Å². The molecule has 2 aromatic carbocycles. The van der Waals surface area contributed by atoms with E-state index in [0.29, 0.717) is 36.1 Å². The molecule has 2 aromatic heterocycles. The third kappa shape index (κ3) is 5.75. The molecule has 4 aromatic rings. The van der Waals surface area contributed by atoms with Crippen molar-refractivity contribution in [2.75, 3.05) is 45.2 Å². The Kier molecular flexibility index (Phi) is 8.90. The van der Waals surface area contributed by atoms with Crippen LogP contribution in [0.3, 0.4) is 0 Å². The van der Waals surface area contributed by atoms with Gasteiger partial charge >= 0.3 is 12.1 Å². The number of rotatable bonds is 10. The number of terminal acetylenes is 1. The van der Waals surface area contributed by atoms with Crippen LogP contribution in [0.2, 0.25) is 0 Å². The summed E-state index contributed by atoms with van der Waals surface area (Å²) in [6, 6.07) is 5.33. The molecule has 10 nitrogen and oxygen atoms in total. The molecule has 0 bridgehead atoms. The lowest BCUT2D eigenvalue weighted by molar-refractivity contribution is -0.0318. The average molecular weight is 655 g/mol. The van der Waals surface area contributed by atoms with Gasteiger partial charge < -0.3 is 24.4 Å². The van der Waals surface area contributed by atoms with Crippen LogP contribution >= 0.6 is 0 Å². The van der Waals surface area contributed by atoms with Crippen LogP contribution in [0, 0.1) is 24.0 Å². The zero-order valence-electron chi connectivity index (χ0n) is 26.9. The minimum atomic E-state index is -0.825. The summed E-state index contributed by atoms with van der Waals surface area (Å²) in [5.41, 5.74) is -0.639. The predicted molar refractivity (Wildman–Crippen MR) is 180 cm³/mol. The van der Waals surface area contributed by atoms with Crippen molar-refractivity contribution in [2.24, 2.45) is 0 Å². The van der Waals surface area contributed by atoms with Gasteiger partial charge in [0.1, 0.15) is 35.2 Å². The average Bonchev–Trinajstić information content (AvgIpc) is 3.63. The number of hydrogen-bond acceptors (Lipinski definition) is 9. The van der Waals surface area contributed by atoms with Gasteiger partial charge in [0.2, 0.25) is 0 Å². The summed E-state index contributed by atoms with van der Waals surface area (Å²) in [5.74, 6) is 1.06. The number of nitrogens with zero attached hydrogens (tertiary/aromatic N) is 6. The molecular formula is C36H36F2N6O4. The van der Waals surface area contributed by atoms with Gasteiger partial charge in [-0.15, -0.1) is 19.6 Å². The molecular weight excluding hydrogens is 618 g/mol. The van der Waals surface area contributed by atoms with Gasteiger partial charge in [0.25, 0.3) is 0 Å². The predicted octanol–water partition coefficient (Wildman–Crippen LogP) is 6.02. The highest BCUT2D eigenvalue weighted by Gasteiger charge is 2.51. The fraction of sp³-hybridized carbons (Fsp3) is 0.333. The number of aromatic hydroxyl groups is 1. The third-order valence-corrected chi connectivity index (χ3v) is 9.02. The summed E-state index contributed by atoms with van der Waals surface area (Å²) < 4.78 is 43.7. The molecule has 6 rings (SSSR count). The van der Waals surface area contributed by atoms with Gasteiger partial charge in [-0.25, -0.2) is 13.6 Å². The first-order chi connectivity index (χ1) is 23.1. The topological polar surface area (TPSA) is 104 Å². The zero-order valence-corrected chi connectivity index (χ0v) is 26.9. The van der Waals surface area contributed by atoms with Crippen LogP contribution in [0.5, 0.6) is 11.8 Å². The minimum absolute atomic E-state index is 0.0576. The van der Waals surface area contributed by atoms with E-state index >= 15 is 4.39 Å². The number of halogens is 2. The maximum atomic E-state index is 16.8. The molecule has 2 aliphatic rings. The Hall–Kier alpha value is -5.28. The van der Waals surface area contributed by atoms with E-state index in [1.165, 1.54) is 35.4 Å². The minimum Gasteiger partial charge on any atom is -0.508 e. The molecule has 2 fully saturated rings. The molecule has 1 N–H and O–H groups in total. The Morgan fingerprint density at radius 1 is 1.21 bits per heavy atom. The number of amides is 1. The van der Waals surface area contributed by atoms with E-state index in [2.05, 4.69) is 33.9 Å². The number of carbonyl (C=O) groups is 1. The maximum Gasteiger partial charge on any atom is 0.410 e. The fourth-order valence-electron chi connectivity index (χ4n) is 6.82. The Morgan fingerprint density at radius 2 is 1.98 bits per heavy atom. The molecule has 0 spiro atoms. The van der Waals surface area contributed by atoms with Crippen molar-refractivity contribution < 1.29 is 28.2 Å². The van der Waals surface area contributed by atoms with E-state index in [4.69, 9.17) is 20.9 Å². The molecule has 2 saturated heterocycles. The van der Waals surface area contributed by atoms with Crippen molar-refractivity contribution in [3.8, 4) is 35.4 Å². The highest BCUT2D eigenvalue weighted by Crippen LogP contribution is 2.44. The van der Waals surface area contributed by atoms with Crippen molar-refractivity contribution in [1.29, 1.82) is 0 Å². The van der Waals surface area contributed by atoms with Gasteiger partial charge in [-0.2, -0.15) is 9.97 Å². The number of fused-ring (bicyclic) bond motifs is 3. The smallest absolute Gasteiger partial charge is 0.410 e. The summed E-state index contributed by atoms with van der Waals surface area (Å²) >= 11 is 0. The fourth-order valence-corrected chi connectivity index (χ4v) is 6.82. The molecule has 4 heterocycles. The molecule has 48 heavy (non-hydrogen) atoms. The lowest BCUT2D eigenvalue weighted by Gasteiger charge is -2.34. The van der Waals surface area contributed by atoms with Gasteiger partial charge in [0.05, 0.1) is 16.5 Å². The molecule has 2 aliphatic heterocycles. The molecule has 0 aliphatic carbocycles. The molecule has 0 saturated carbocycles. The SMILES string of the molecule is C#Cc1c(F)ccc2cc(O)cc(-c3ncc4c(N(CC=C)CC=C)nc(OCC56CCCN5C(OC(=O)N(C)C)CC6)nc4c3F)c12. The van der Waals surface area contributed by atoms with Crippen molar-refractivity contribution in [1.82, 2.24) is 24.8 Å². The lowest BCUT2D eigenvalue weighted by Crippen LogP contribution is -2.48. The van der Waals surface area contributed by atoms with Gasteiger partial charge in [0, 0.05) is 57.3 Å². The van der Waals surface area contributed by atoms with E-state index in [0.717, 1.165) is 25.8 Å². The summed E-state index contributed by atoms with van der Waals surface area (Å²) in [5, 5.41) is 11.5. The second-order valence-electron chi connectivity index (χ2n) is 12.2. The van der Waals surface area contributed by atoms with Crippen molar-refractivity contribution >= 4 is 33.6 Å². The second-order valence-corrected chi connectivity index (χ2v) is 12.2. The number of pyridine rings is 1. The first-order valence-corrected chi connectivity index (χ1v) is 15.6. The van der Waals surface area contributed by atoms with Gasteiger partial charge in [-0.1, -0.05) is 24.1 Å². The van der Waals surface area contributed by atoms with Gasteiger partial charge in [-0.3, -0.25) is 9.88 Å². The largest absolute Gasteiger partial charge is 0.508 e. The Morgan fingerprint density at radius 3 is 2.69 bits per heavy atom. The number of carbonyl (C=O) groups excluding carboxylic acids is 1. The lowest BCUT2D eigenvalue weighted by atomic mass is 9.95. The maximum absolute atomic E-state index is 16.8. The van der Waals surface area contributed by atoms with Crippen LogP contribution in [0.4, 0.5) is 19.4 Å². The number of anilines is 1. The summed E-state index contributed by atoms with van der Waals surface area (Å²) in [6.07, 6.45) is 12.8. The van der Waals surface area contributed by atoms with Crippen LogP contribution < -0.4 is 9.64 Å². The second kappa shape index (κ2) is 13.1. The van der Waals surface area contributed by atoms with Crippen molar-refractivity contribution in [3.05, 3.63) is 73.0 Å². The van der Waals surface area contributed by atoms with E-state index in [9.17, 15) is 14.3 Å². The van der Waals surface area contributed by atoms with Gasteiger partial charge in [0.15, 0.2) is 12.0 Å². The number of ether oxygens (including phenoxy) is 2. The van der Waals surface area contributed by atoms with Crippen LogP contribution in [0.1, 0.15) is 31.2 Å². The van der Waals surface area contributed by atoms with E-state index in [1.807, 2.05) is 4.90 Å². The highest BCUT2D eigenvalue weighted by molar-refractivity contribution is 6.03. The van der Waals surface area contributed by atoms with Crippen LogP contribution in [-0.4, -0.2) is 88.1 Å². The first-order valence-electron chi connectivity index (χ1n) is 15.6. The summed E-state index contributed by atoms with van der Waals surface area (Å²) in [6.45, 7) is 9.36. The Labute approximate surface area is 277 Å². The number of phenolic OH excluding ortho intramolecular Hbond substituents is 1. The van der Waals surface area contributed by atoms with Crippen molar-refractivity contribution in [3.63, 3.8) is 0 Å². The number of benzene rings is 2. The molecule has 2 unspecified atom stereocenters. The third-order valence-electron chi connectivity index (χ3n) is 9.02. The normalized spacial score (nSPS) is 18.8. The van der Waals surface area contributed by atoms with Crippen LogP contribution in [0.25, 0.3) is 32.9 Å². The Balaban J connectivity index is 1.45. The molecule has 1 amide bonds. The van der Waals surface area contributed by atoms with E-state index in [1.54, 1.807) is 26.2 Å². The van der Waals surface area contributed by atoms with Crippen molar-refractivity contribution in [2.45, 2.75) is 37.5 Å². The van der Waals surface area contributed by atoms with Crippen LogP contribution in [-0.2, 0) is 4.74 Å². The molecule has 12 heteroatoms. The summed E-state index contributed by atoms with van der Waals surface area (Å²) in [7, 11) is 3.29. The highest BCUT2D eigenvalue weighted by atomic mass is 19.1. The van der Waals surface area contributed by atoms with E-state index < -0.39 is 23.3 Å². The Bertz CT molecular complexity index is 1970. The van der Waals surface area contributed by atoms with Gasteiger partial charge in [-0.05, 0) is 42.8 Å². The number of hydrogen-bond donors (Lipinski definition) is 1. The monoisotopic (exact) mass is 654 g/mol. The molecule has 248 valence electrons. The molecule has 2 atom stereocenters. The summed E-state index contributed by atoms with van der Waals surface area (Å²) in [4.78, 5) is 31.4. The van der Waals surface area contributed by atoms with Crippen LogP contribution in [0.15, 0.2) is 55.8 Å². The zero-order chi connectivity index (χ0) is 34.2. The quantitative estimate of drug-likeness (QED) is 0.162.